The maximum absolute atomic E-state index is 12.8. The summed E-state index contributed by atoms with van der Waals surface area (Å²) in [4.78, 5) is 12.0. The maximum Gasteiger partial charge on any atom is 0.255 e. The van der Waals surface area contributed by atoms with E-state index in [1.165, 1.54) is 24.3 Å². The number of nitrogens with one attached hydrogen (secondary N) is 1. The van der Waals surface area contributed by atoms with E-state index < -0.39 is 5.82 Å². The van der Waals surface area contributed by atoms with Crippen LogP contribution in [0.15, 0.2) is 42.5 Å². The second-order valence-corrected chi connectivity index (χ2v) is 4.12. The van der Waals surface area contributed by atoms with Crippen molar-refractivity contribution in [3.05, 3.63) is 65.0 Å². The molecule has 4 heteroatoms. The number of benzene rings is 2. The Morgan fingerprint density at radius 3 is 2.53 bits per heavy atom. The van der Waals surface area contributed by atoms with Gasteiger partial charge < -0.3 is 5.32 Å². The van der Waals surface area contributed by atoms with Gasteiger partial charge in [-0.2, -0.15) is 5.26 Å². The lowest BCUT2D eigenvalue weighted by molar-refractivity contribution is 0.102. The van der Waals surface area contributed by atoms with E-state index in [0.29, 0.717) is 16.8 Å². The molecule has 0 spiro atoms. The monoisotopic (exact) mass is 254 g/mol. The minimum atomic E-state index is -0.398. The molecule has 3 nitrogen and oxygen atoms in total. The van der Waals surface area contributed by atoms with Crippen LogP contribution in [0.1, 0.15) is 21.5 Å². The minimum absolute atomic E-state index is 0.340. The summed E-state index contributed by atoms with van der Waals surface area (Å²) in [5, 5.41) is 11.6. The zero-order valence-corrected chi connectivity index (χ0v) is 10.3. The van der Waals surface area contributed by atoms with Gasteiger partial charge in [0.2, 0.25) is 0 Å². The van der Waals surface area contributed by atoms with Crippen LogP contribution < -0.4 is 5.32 Å². The first-order chi connectivity index (χ1) is 9.10. The molecule has 1 N–H and O–H groups in total. The van der Waals surface area contributed by atoms with Crippen molar-refractivity contribution < 1.29 is 9.18 Å². The molecule has 1 amide bonds. The van der Waals surface area contributed by atoms with Crippen LogP contribution in [-0.2, 0) is 0 Å². The van der Waals surface area contributed by atoms with Gasteiger partial charge >= 0.3 is 0 Å². The van der Waals surface area contributed by atoms with Crippen LogP contribution in [0.2, 0.25) is 0 Å². The number of nitrogens with zero attached hydrogens (tertiary/aromatic N) is 1. The number of anilines is 1. The van der Waals surface area contributed by atoms with Gasteiger partial charge in [-0.3, -0.25) is 4.79 Å². The molecule has 0 aromatic heterocycles. The fourth-order valence-corrected chi connectivity index (χ4v) is 1.65. The summed E-state index contributed by atoms with van der Waals surface area (Å²) in [7, 11) is 0. The van der Waals surface area contributed by atoms with E-state index in [1.54, 1.807) is 18.2 Å². The summed E-state index contributed by atoms with van der Waals surface area (Å²) in [6.45, 7) is 1.87. The molecule has 0 atom stereocenters. The molecule has 0 aliphatic rings. The topological polar surface area (TPSA) is 52.9 Å². The maximum atomic E-state index is 12.8. The second-order valence-electron chi connectivity index (χ2n) is 4.12. The van der Waals surface area contributed by atoms with Crippen molar-refractivity contribution in [3.8, 4) is 6.07 Å². The molecule has 0 fully saturated rings. The molecule has 19 heavy (non-hydrogen) atoms. The smallest absolute Gasteiger partial charge is 0.255 e. The zero-order chi connectivity index (χ0) is 13.8. The quantitative estimate of drug-likeness (QED) is 0.894. The number of amides is 1. The van der Waals surface area contributed by atoms with Crippen molar-refractivity contribution in [3.63, 3.8) is 0 Å². The molecule has 0 unspecified atom stereocenters. The predicted octanol–water partition coefficient (Wildman–Crippen LogP) is 3.26. The molecular formula is C15H11FN2O. The van der Waals surface area contributed by atoms with Crippen LogP contribution in [-0.4, -0.2) is 5.91 Å². The molecule has 0 aliphatic carbocycles. The van der Waals surface area contributed by atoms with Gasteiger partial charge in [0, 0.05) is 5.56 Å². The number of nitriles is 1. The third-order valence-corrected chi connectivity index (χ3v) is 2.65. The van der Waals surface area contributed by atoms with Crippen LogP contribution >= 0.6 is 0 Å². The molecule has 0 heterocycles. The van der Waals surface area contributed by atoms with Gasteiger partial charge in [0.25, 0.3) is 5.91 Å². The normalized spacial score (nSPS) is 9.74. The summed E-state index contributed by atoms with van der Waals surface area (Å²) in [6, 6.07) is 12.4. The summed E-state index contributed by atoms with van der Waals surface area (Å²) in [5.74, 6) is -0.771. The Labute approximate surface area is 110 Å². The van der Waals surface area contributed by atoms with Gasteiger partial charge in [-0.15, -0.1) is 0 Å². The summed E-state index contributed by atoms with van der Waals surface area (Å²) in [5.41, 5.74) is 2.12. The Bertz CT molecular complexity index is 657. The van der Waals surface area contributed by atoms with Crippen molar-refractivity contribution >= 4 is 11.6 Å². The van der Waals surface area contributed by atoms with E-state index in [0.717, 1.165) is 5.56 Å². The Morgan fingerprint density at radius 1 is 1.21 bits per heavy atom. The highest BCUT2D eigenvalue weighted by Gasteiger charge is 2.09. The van der Waals surface area contributed by atoms with Gasteiger partial charge in [-0.25, -0.2) is 4.39 Å². The molecule has 2 aromatic carbocycles. The molecule has 94 valence electrons. The first-order valence-electron chi connectivity index (χ1n) is 5.68. The first-order valence-corrected chi connectivity index (χ1v) is 5.68. The highest BCUT2D eigenvalue weighted by Crippen LogP contribution is 2.17. The largest absolute Gasteiger partial charge is 0.321 e. The van der Waals surface area contributed by atoms with Gasteiger partial charge in [-0.05, 0) is 48.9 Å². The number of carbonyl (C=O) groups excluding carboxylic acids is 1. The van der Waals surface area contributed by atoms with E-state index in [9.17, 15) is 9.18 Å². The number of aryl methyl sites for hydroxylation is 1. The minimum Gasteiger partial charge on any atom is -0.321 e. The van der Waals surface area contributed by atoms with Crippen LogP contribution in [0.4, 0.5) is 10.1 Å². The number of carbonyl (C=O) groups is 1. The highest BCUT2D eigenvalue weighted by molar-refractivity contribution is 6.04. The number of halogens is 1. The van der Waals surface area contributed by atoms with Crippen molar-refractivity contribution in [2.24, 2.45) is 0 Å². The molecule has 2 rings (SSSR count). The summed E-state index contributed by atoms with van der Waals surface area (Å²) >= 11 is 0. The van der Waals surface area contributed by atoms with Crippen LogP contribution in [0, 0.1) is 24.1 Å². The number of rotatable bonds is 2. The Kier molecular flexibility index (Phi) is 3.58. The van der Waals surface area contributed by atoms with Crippen molar-refractivity contribution in [2.75, 3.05) is 5.32 Å². The summed E-state index contributed by atoms with van der Waals surface area (Å²) in [6.07, 6.45) is 0. The van der Waals surface area contributed by atoms with Crippen molar-refractivity contribution in [1.29, 1.82) is 5.26 Å². The predicted molar refractivity (Wildman–Crippen MR) is 70.2 cm³/mol. The summed E-state index contributed by atoms with van der Waals surface area (Å²) < 4.78 is 12.8. The average Bonchev–Trinajstić information content (AvgIpc) is 2.39. The third-order valence-electron chi connectivity index (χ3n) is 2.65. The van der Waals surface area contributed by atoms with Crippen LogP contribution in [0.5, 0.6) is 0 Å². The van der Waals surface area contributed by atoms with E-state index >= 15 is 0 Å². The molecular weight excluding hydrogens is 243 g/mol. The lowest BCUT2D eigenvalue weighted by Crippen LogP contribution is -2.13. The third kappa shape index (κ3) is 2.96. The molecule has 2 aromatic rings. The number of hydrogen-bond acceptors (Lipinski definition) is 2. The van der Waals surface area contributed by atoms with Crippen molar-refractivity contribution in [1.82, 2.24) is 0 Å². The first kappa shape index (κ1) is 12.8. The Morgan fingerprint density at radius 2 is 1.89 bits per heavy atom. The SMILES string of the molecule is Cc1ccc(C#N)c(NC(=O)c2ccc(F)cc2)c1. The van der Waals surface area contributed by atoms with Gasteiger partial charge in [0.1, 0.15) is 11.9 Å². The van der Waals surface area contributed by atoms with E-state index in [-0.39, 0.29) is 5.91 Å². The van der Waals surface area contributed by atoms with Gasteiger partial charge in [-0.1, -0.05) is 6.07 Å². The van der Waals surface area contributed by atoms with E-state index in [2.05, 4.69) is 5.32 Å². The lowest BCUT2D eigenvalue weighted by atomic mass is 10.1. The van der Waals surface area contributed by atoms with E-state index in [1.807, 2.05) is 13.0 Å². The standard InChI is InChI=1S/C15H11FN2O/c1-10-2-3-12(9-17)14(8-10)18-15(19)11-4-6-13(16)7-5-11/h2-8H,1H3,(H,18,19). The zero-order valence-electron chi connectivity index (χ0n) is 10.3. The molecule has 0 radical (unpaired) electrons. The molecule has 0 aliphatic heterocycles. The van der Waals surface area contributed by atoms with Gasteiger partial charge in [0.15, 0.2) is 0 Å². The number of hydrogen-bond donors (Lipinski definition) is 1. The van der Waals surface area contributed by atoms with Crippen LogP contribution in [0.25, 0.3) is 0 Å². The average molecular weight is 254 g/mol. The fraction of sp³-hybridized carbons (Fsp3) is 0.0667. The van der Waals surface area contributed by atoms with Crippen molar-refractivity contribution in [2.45, 2.75) is 6.92 Å². The van der Waals surface area contributed by atoms with E-state index in [4.69, 9.17) is 5.26 Å². The van der Waals surface area contributed by atoms with Gasteiger partial charge in [0.05, 0.1) is 11.3 Å². The molecule has 0 bridgehead atoms. The molecule has 0 saturated carbocycles. The van der Waals surface area contributed by atoms with Crippen LogP contribution in [0.3, 0.4) is 0 Å². The Balaban J connectivity index is 2.26. The fourth-order valence-electron chi connectivity index (χ4n) is 1.65. The lowest BCUT2D eigenvalue weighted by Gasteiger charge is -2.08. The molecule has 0 saturated heterocycles. The second kappa shape index (κ2) is 5.32. The highest BCUT2D eigenvalue weighted by atomic mass is 19.1. The Hall–Kier alpha value is -2.67.